The molecule has 2 rings (SSSR count). The lowest BCUT2D eigenvalue weighted by Crippen LogP contribution is -2.55. The average molecular weight is 299 g/mol. The SMILES string of the molecule is O=C(O)CC1C(=O)NCCN1Cc1ccc([N+](=O)[O-])s1. The number of nitro groups is 1. The molecule has 1 aromatic heterocycles. The van der Waals surface area contributed by atoms with E-state index in [9.17, 15) is 19.7 Å². The van der Waals surface area contributed by atoms with Gasteiger partial charge in [-0.15, -0.1) is 0 Å². The first kappa shape index (κ1) is 14.4. The predicted molar refractivity (Wildman–Crippen MR) is 70.4 cm³/mol. The number of nitrogens with one attached hydrogen (secondary N) is 1. The third-order valence-electron chi connectivity index (χ3n) is 3.00. The monoisotopic (exact) mass is 299 g/mol. The van der Waals surface area contributed by atoms with Crippen molar-refractivity contribution in [3.63, 3.8) is 0 Å². The second kappa shape index (κ2) is 5.97. The lowest BCUT2D eigenvalue weighted by Gasteiger charge is -2.33. The van der Waals surface area contributed by atoms with Crippen LogP contribution in [0, 0.1) is 10.1 Å². The Balaban J connectivity index is 2.09. The number of carbonyl (C=O) groups excluding carboxylic acids is 1. The Kier molecular flexibility index (Phi) is 4.30. The van der Waals surface area contributed by atoms with E-state index in [1.54, 1.807) is 11.0 Å². The van der Waals surface area contributed by atoms with Crippen molar-refractivity contribution < 1.29 is 19.6 Å². The molecule has 1 unspecified atom stereocenters. The van der Waals surface area contributed by atoms with Crippen LogP contribution in [-0.4, -0.2) is 45.9 Å². The summed E-state index contributed by atoms with van der Waals surface area (Å²) in [5.41, 5.74) is 0. The van der Waals surface area contributed by atoms with Crippen LogP contribution in [0.15, 0.2) is 12.1 Å². The fourth-order valence-electron chi connectivity index (χ4n) is 2.09. The topological polar surface area (TPSA) is 113 Å². The van der Waals surface area contributed by atoms with E-state index in [-0.39, 0.29) is 17.3 Å². The van der Waals surface area contributed by atoms with Crippen LogP contribution in [0.4, 0.5) is 5.00 Å². The van der Waals surface area contributed by atoms with Crippen molar-refractivity contribution in [2.45, 2.75) is 19.0 Å². The lowest BCUT2D eigenvalue weighted by molar-refractivity contribution is -0.380. The minimum absolute atomic E-state index is 0.0382. The van der Waals surface area contributed by atoms with Gasteiger partial charge in [-0.1, -0.05) is 11.3 Å². The van der Waals surface area contributed by atoms with Crippen LogP contribution >= 0.6 is 11.3 Å². The van der Waals surface area contributed by atoms with Crippen molar-refractivity contribution in [3.8, 4) is 0 Å². The van der Waals surface area contributed by atoms with E-state index >= 15 is 0 Å². The Morgan fingerprint density at radius 2 is 2.35 bits per heavy atom. The molecule has 0 radical (unpaired) electrons. The fourth-order valence-corrected chi connectivity index (χ4v) is 2.93. The number of carbonyl (C=O) groups is 2. The highest BCUT2D eigenvalue weighted by Crippen LogP contribution is 2.26. The minimum atomic E-state index is -1.05. The first-order valence-electron chi connectivity index (χ1n) is 5.94. The molecule has 20 heavy (non-hydrogen) atoms. The van der Waals surface area contributed by atoms with Crippen LogP contribution in [0.5, 0.6) is 0 Å². The molecule has 9 heteroatoms. The summed E-state index contributed by atoms with van der Waals surface area (Å²) < 4.78 is 0. The molecule has 108 valence electrons. The van der Waals surface area contributed by atoms with Gasteiger partial charge in [0.2, 0.25) is 5.91 Å². The van der Waals surface area contributed by atoms with Crippen LogP contribution in [-0.2, 0) is 16.1 Å². The highest BCUT2D eigenvalue weighted by molar-refractivity contribution is 7.15. The molecule has 0 saturated carbocycles. The van der Waals surface area contributed by atoms with Gasteiger partial charge in [0.1, 0.15) is 6.04 Å². The Bertz CT molecular complexity index is 544. The maximum absolute atomic E-state index is 11.7. The summed E-state index contributed by atoms with van der Waals surface area (Å²) in [5, 5.41) is 22.1. The highest BCUT2D eigenvalue weighted by Gasteiger charge is 2.31. The van der Waals surface area contributed by atoms with E-state index < -0.39 is 16.9 Å². The van der Waals surface area contributed by atoms with Gasteiger partial charge in [0.05, 0.1) is 11.3 Å². The molecule has 2 N–H and O–H groups in total. The van der Waals surface area contributed by atoms with E-state index in [4.69, 9.17) is 5.11 Å². The van der Waals surface area contributed by atoms with Crippen LogP contribution in [0.1, 0.15) is 11.3 Å². The number of aliphatic carboxylic acids is 1. The maximum atomic E-state index is 11.7. The summed E-state index contributed by atoms with van der Waals surface area (Å²) in [5.74, 6) is -1.36. The van der Waals surface area contributed by atoms with Gasteiger partial charge >= 0.3 is 11.0 Å². The Morgan fingerprint density at radius 3 is 2.95 bits per heavy atom. The van der Waals surface area contributed by atoms with Gasteiger partial charge in [-0.25, -0.2) is 0 Å². The molecule has 1 amide bonds. The highest BCUT2D eigenvalue weighted by atomic mass is 32.1. The van der Waals surface area contributed by atoms with Gasteiger partial charge in [0.15, 0.2) is 0 Å². The summed E-state index contributed by atoms with van der Waals surface area (Å²) in [7, 11) is 0. The molecule has 1 aliphatic rings. The van der Waals surface area contributed by atoms with Crippen molar-refractivity contribution in [1.82, 2.24) is 10.2 Å². The summed E-state index contributed by atoms with van der Waals surface area (Å²) in [4.78, 5) is 35.2. The van der Waals surface area contributed by atoms with Crippen LogP contribution in [0.3, 0.4) is 0 Å². The first-order chi connectivity index (χ1) is 9.47. The standard InChI is InChI=1S/C11H13N3O5S/c15-10(16)5-8-11(17)12-3-4-13(8)6-7-1-2-9(20-7)14(18)19/h1-2,8H,3-6H2,(H,12,17)(H,15,16). The number of thiophene rings is 1. The van der Waals surface area contributed by atoms with E-state index in [1.165, 1.54) is 6.07 Å². The molecule has 1 aliphatic heterocycles. The molecule has 0 aliphatic carbocycles. The zero-order valence-corrected chi connectivity index (χ0v) is 11.3. The van der Waals surface area contributed by atoms with Crippen molar-refractivity contribution in [2.24, 2.45) is 0 Å². The molecule has 8 nitrogen and oxygen atoms in total. The largest absolute Gasteiger partial charge is 0.481 e. The number of piperazine rings is 1. The van der Waals surface area contributed by atoms with E-state index in [1.807, 2.05) is 0 Å². The van der Waals surface area contributed by atoms with Gasteiger partial charge in [0.25, 0.3) is 0 Å². The predicted octanol–water partition coefficient (Wildman–Crippen LogP) is 0.431. The molecule has 1 atom stereocenters. The van der Waals surface area contributed by atoms with Crippen LogP contribution < -0.4 is 5.32 Å². The van der Waals surface area contributed by atoms with E-state index in [0.717, 1.165) is 16.2 Å². The zero-order chi connectivity index (χ0) is 14.7. The lowest BCUT2D eigenvalue weighted by atomic mass is 10.1. The zero-order valence-electron chi connectivity index (χ0n) is 10.4. The maximum Gasteiger partial charge on any atom is 0.324 e. The smallest absolute Gasteiger partial charge is 0.324 e. The number of hydrogen-bond acceptors (Lipinski definition) is 6. The molecule has 2 heterocycles. The molecule has 0 spiro atoms. The van der Waals surface area contributed by atoms with Gasteiger partial charge in [-0.2, -0.15) is 0 Å². The summed E-state index contributed by atoms with van der Waals surface area (Å²) in [6.45, 7) is 1.31. The van der Waals surface area contributed by atoms with E-state index in [2.05, 4.69) is 5.32 Å². The Hall–Kier alpha value is -2.00. The van der Waals surface area contributed by atoms with Crippen molar-refractivity contribution in [1.29, 1.82) is 0 Å². The second-order valence-corrected chi connectivity index (χ2v) is 5.52. The number of hydrogen-bond donors (Lipinski definition) is 2. The van der Waals surface area contributed by atoms with Gasteiger partial charge in [0, 0.05) is 30.6 Å². The van der Waals surface area contributed by atoms with Gasteiger partial charge < -0.3 is 10.4 Å². The molecule has 1 fully saturated rings. The number of nitrogens with zero attached hydrogens (tertiary/aromatic N) is 2. The molecule has 1 aromatic rings. The molecule has 0 aromatic carbocycles. The van der Waals surface area contributed by atoms with Crippen molar-refractivity contribution in [3.05, 3.63) is 27.1 Å². The third-order valence-corrected chi connectivity index (χ3v) is 4.02. The summed E-state index contributed by atoms with van der Waals surface area (Å²) in [6.07, 6.45) is -0.278. The number of carboxylic acids is 1. The molecule has 1 saturated heterocycles. The minimum Gasteiger partial charge on any atom is -0.481 e. The Labute approximate surface area is 118 Å². The molecular weight excluding hydrogens is 286 g/mol. The summed E-state index contributed by atoms with van der Waals surface area (Å²) in [6, 6.07) is 2.31. The first-order valence-corrected chi connectivity index (χ1v) is 6.75. The Morgan fingerprint density at radius 1 is 1.60 bits per heavy atom. The molecular formula is C11H13N3O5S. The fraction of sp³-hybridized carbons (Fsp3) is 0.455. The summed E-state index contributed by atoms with van der Waals surface area (Å²) >= 11 is 1.04. The van der Waals surface area contributed by atoms with Crippen LogP contribution in [0.25, 0.3) is 0 Å². The van der Waals surface area contributed by atoms with Crippen molar-refractivity contribution in [2.75, 3.05) is 13.1 Å². The molecule has 0 bridgehead atoms. The van der Waals surface area contributed by atoms with Gasteiger partial charge in [-0.05, 0) is 6.07 Å². The second-order valence-electron chi connectivity index (χ2n) is 4.37. The number of amides is 1. The quantitative estimate of drug-likeness (QED) is 0.602. The van der Waals surface area contributed by atoms with Gasteiger partial charge in [-0.3, -0.25) is 24.6 Å². The van der Waals surface area contributed by atoms with Crippen molar-refractivity contribution >= 4 is 28.2 Å². The average Bonchev–Trinajstić information content (AvgIpc) is 2.82. The van der Waals surface area contributed by atoms with Crippen LogP contribution in [0.2, 0.25) is 0 Å². The number of carboxylic acid groups (broad SMARTS) is 1. The third kappa shape index (κ3) is 3.31. The normalized spacial score (nSPS) is 19.6. The van der Waals surface area contributed by atoms with E-state index in [0.29, 0.717) is 19.6 Å². The number of rotatable bonds is 5.